The molecule has 0 fully saturated rings. The molecule has 6 heterocycles. The summed E-state index contributed by atoms with van der Waals surface area (Å²) in [6, 6.07) is 4.11. The maximum atomic E-state index is 11.4. The summed E-state index contributed by atoms with van der Waals surface area (Å²) in [5.41, 5.74) is 5.85. The smallest absolute Gasteiger partial charge is 0.438 e. The highest BCUT2D eigenvalue weighted by molar-refractivity contribution is 7.05. The predicted molar refractivity (Wildman–Crippen MR) is 276 cm³/mol. The van der Waals surface area contributed by atoms with Crippen LogP contribution in [0, 0.1) is 39.5 Å². The molecule has 0 atom stereocenters. The van der Waals surface area contributed by atoms with Crippen LogP contribution in [-0.4, -0.2) is 75.0 Å². The minimum atomic E-state index is -0.487. The minimum Gasteiger partial charge on any atom is -0.472 e. The van der Waals surface area contributed by atoms with Crippen LogP contribution in [0.3, 0.4) is 0 Å². The van der Waals surface area contributed by atoms with Gasteiger partial charge in [-0.05, 0) is 63.0 Å². The lowest BCUT2D eigenvalue weighted by Crippen LogP contribution is -2.22. The highest BCUT2D eigenvalue weighted by Crippen LogP contribution is 2.19. The number of amides is 2. The molecular weight excluding hydrogens is 921 g/mol. The summed E-state index contributed by atoms with van der Waals surface area (Å²) in [7, 11) is 3.28. The number of nitrogens with one attached hydrogen (secondary N) is 4. The van der Waals surface area contributed by atoms with E-state index in [0.29, 0.717) is 35.1 Å². The van der Waals surface area contributed by atoms with Crippen LogP contribution in [0.5, 0.6) is 0 Å². The van der Waals surface area contributed by atoms with E-state index in [1.54, 1.807) is 32.6 Å². The molecule has 0 saturated heterocycles. The third-order valence-corrected chi connectivity index (χ3v) is 10.6. The SMILES string of the molecule is CC(C)c1nn[nH]n1.CC(C)c1noc(=O)[nH]1.CNC(=O)C(C)C.CNC(=O)C(C)C.Cc1cc(C(C)C)on1.Cc1cc(C(C)C)sn1.Cc1cocc(C(C)C)c1=O.Cc1nsnc1C(C)C. The maximum absolute atomic E-state index is 11.4. The van der Waals surface area contributed by atoms with E-state index in [9.17, 15) is 19.2 Å². The van der Waals surface area contributed by atoms with Crippen molar-refractivity contribution in [2.45, 2.75) is 174 Å². The average molecular weight is 1000 g/mol. The fourth-order valence-corrected chi connectivity index (χ4v) is 5.92. The number of carbonyl (C=O) groups is 2. The van der Waals surface area contributed by atoms with Crippen molar-refractivity contribution in [3.63, 3.8) is 0 Å². The highest BCUT2D eigenvalue weighted by Gasteiger charge is 2.08. The van der Waals surface area contributed by atoms with E-state index in [1.807, 2.05) is 96.1 Å². The molecule has 21 heteroatoms. The molecule has 0 spiro atoms. The fraction of sp³-hybridized carbons (Fsp3) is 0.625. The molecule has 19 nitrogen and oxygen atoms in total. The number of aromatic nitrogens is 10. The lowest BCUT2D eigenvalue weighted by molar-refractivity contribution is -0.124. The fourth-order valence-electron chi connectivity index (χ4n) is 4.50. The molecule has 0 bridgehead atoms. The van der Waals surface area contributed by atoms with Crippen molar-refractivity contribution in [2.24, 2.45) is 11.8 Å². The van der Waals surface area contributed by atoms with E-state index in [0.717, 1.165) is 39.9 Å². The van der Waals surface area contributed by atoms with Crippen molar-refractivity contribution >= 4 is 35.1 Å². The van der Waals surface area contributed by atoms with Gasteiger partial charge in [0, 0.05) is 65.8 Å². The van der Waals surface area contributed by atoms with Crippen LogP contribution in [0.15, 0.2) is 47.7 Å². The quantitative estimate of drug-likeness (QED) is 0.110. The van der Waals surface area contributed by atoms with Crippen LogP contribution in [-0.2, 0) is 9.59 Å². The first-order valence-corrected chi connectivity index (χ1v) is 24.6. The molecule has 4 N–H and O–H groups in total. The van der Waals surface area contributed by atoms with Gasteiger partial charge in [0.15, 0.2) is 17.1 Å². The molecule has 2 amide bonds. The molecule has 6 aromatic rings. The second-order valence-electron chi connectivity index (χ2n) is 18.0. The first kappa shape index (κ1) is 65.4. The van der Waals surface area contributed by atoms with Crippen molar-refractivity contribution in [1.29, 1.82) is 0 Å². The van der Waals surface area contributed by atoms with Crippen molar-refractivity contribution < 1.29 is 23.1 Å². The molecule has 6 rings (SSSR count). The Balaban J connectivity index is 0. The molecule has 6 aromatic heterocycles. The van der Waals surface area contributed by atoms with E-state index < -0.39 is 5.76 Å². The Morgan fingerprint density at radius 3 is 1.43 bits per heavy atom. The van der Waals surface area contributed by atoms with E-state index >= 15 is 0 Å². The van der Waals surface area contributed by atoms with Gasteiger partial charge in [0.25, 0.3) is 0 Å². The molecular formula is C48H82N12O7S2. The normalized spacial score (nSPS) is 10.3. The number of hydrogen-bond donors (Lipinski definition) is 4. The Morgan fingerprint density at radius 1 is 0.638 bits per heavy atom. The molecule has 0 aliphatic heterocycles. The van der Waals surface area contributed by atoms with Gasteiger partial charge in [-0.1, -0.05) is 126 Å². The number of carbonyl (C=O) groups excluding carboxylic acids is 2. The molecule has 0 unspecified atom stereocenters. The van der Waals surface area contributed by atoms with Gasteiger partial charge in [-0.15, -0.1) is 10.2 Å². The third-order valence-electron chi connectivity index (χ3n) is 8.77. The van der Waals surface area contributed by atoms with Crippen molar-refractivity contribution in [1.82, 2.24) is 59.7 Å². The standard InChI is InChI=1S/C9H12O2.C7H11NO.C7H11NS.C6H10N2S.C5H8N2O2.2C5H11NO.C4H8N4/c1-6(2)8-5-11-4-7(3)9(8)10;2*1-5(2)7-4-6(3)8-9-7;1-4(2)6-5(3)7-9-8-6;1-3(2)4-6-5(8)9-7-4;2*1-4(2)5(7)6-3;1-3(2)4-5-7-8-6-4/h4-6H,1-3H3;2*4-5H,1-3H3;4H,1-3H3;3H,1-2H3,(H,6,7,8);2*4H,1-3H3,(H,6,7);3H,1-2H3,(H,5,6,7,8). The van der Waals surface area contributed by atoms with Gasteiger partial charge in [0.2, 0.25) is 11.8 Å². The molecule has 0 aliphatic carbocycles. The summed E-state index contributed by atoms with van der Waals surface area (Å²) in [5, 5.41) is 25.6. The Hall–Kier alpha value is -5.70. The van der Waals surface area contributed by atoms with Crippen LogP contribution in [0.25, 0.3) is 0 Å². The minimum absolute atomic E-state index is 0.0972. The lowest BCUT2D eigenvalue weighted by atomic mass is 10.0. The number of hydrogen-bond acceptors (Lipinski definition) is 17. The third kappa shape index (κ3) is 29.1. The average Bonchev–Trinajstić information content (AvgIpc) is 4.15. The zero-order chi connectivity index (χ0) is 53.6. The van der Waals surface area contributed by atoms with Gasteiger partial charge >= 0.3 is 5.76 Å². The van der Waals surface area contributed by atoms with Gasteiger partial charge in [0.1, 0.15) is 5.76 Å². The Labute approximate surface area is 417 Å². The number of H-pyrrole nitrogens is 2. The summed E-state index contributed by atoms with van der Waals surface area (Å²) in [5.74, 6) is 4.70. The van der Waals surface area contributed by atoms with Crippen molar-refractivity contribution in [2.75, 3.05) is 14.1 Å². The number of aromatic amines is 2. The maximum Gasteiger partial charge on any atom is 0.438 e. The topological polar surface area (TPSA) is 266 Å². The van der Waals surface area contributed by atoms with Gasteiger partial charge < -0.3 is 19.6 Å². The van der Waals surface area contributed by atoms with Gasteiger partial charge in [-0.3, -0.25) is 23.9 Å². The van der Waals surface area contributed by atoms with Crippen LogP contribution in [0.4, 0.5) is 0 Å². The number of tetrazole rings is 1. The van der Waals surface area contributed by atoms with E-state index in [4.69, 9.17) is 8.94 Å². The largest absolute Gasteiger partial charge is 0.472 e. The molecule has 69 heavy (non-hydrogen) atoms. The summed E-state index contributed by atoms with van der Waals surface area (Å²) < 4.78 is 26.6. The van der Waals surface area contributed by atoms with Crippen LogP contribution < -0.4 is 21.8 Å². The van der Waals surface area contributed by atoms with Crippen molar-refractivity contribution in [3.8, 4) is 0 Å². The Kier molecular flexibility index (Phi) is 33.6. The number of nitrogens with zero attached hydrogens (tertiary/aromatic N) is 8. The molecule has 0 saturated carbocycles. The number of aryl methyl sites for hydroxylation is 4. The van der Waals surface area contributed by atoms with Gasteiger partial charge in [-0.25, -0.2) is 4.79 Å². The zero-order valence-electron chi connectivity index (χ0n) is 45.2. The summed E-state index contributed by atoms with van der Waals surface area (Å²) >= 11 is 2.90. The van der Waals surface area contributed by atoms with Gasteiger partial charge in [-0.2, -0.15) is 18.3 Å². The second kappa shape index (κ2) is 35.4. The van der Waals surface area contributed by atoms with E-state index in [1.165, 1.54) is 29.1 Å². The summed E-state index contributed by atoms with van der Waals surface area (Å²) in [4.78, 5) is 46.3. The van der Waals surface area contributed by atoms with Crippen LogP contribution in [0.2, 0.25) is 0 Å². The second-order valence-corrected chi connectivity index (χ2v) is 19.4. The van der Waals surface area contributed by atoms with Crippen LogP contribution in [0.1, 0.15) is 202 Å². The van der Waals surface area contributed by atoms with Gasteiger partial charge in [0.05, 0.1) is 47.0 Å². The van der Waals surface area contributed by atoms with E-state index in [2.05, 4.69) is 112 Å². The first-order chi connectivity index (χ1) is 32.1. The first-order valence-electron chi connectivity index (χ1n) is 23.1. The summed E-state index contributed by atoms with van der Waals surface area (Å²) in [6.45, 7) is 39.8. The lowest BCUT2D eigenvalue weighted by Gasteiger charge is -2.02. The predicted octanol–water partition coefficient (Wildman–Crippen LogP) is 10.3. The monoisotopic (exact) mass is 1000 g/mol. The Bertz CT molecular complexity index is 2290. The molecule has 0 aromatic carbocycles. The Morgan fingerprint density at radius 2 is 1.22 bits per heavy atom. The van der Waals surface area contributed by atoms with Crippen LogP contribution >= 0.6 is 23.3 Å². The number of rotatable bonds is 8. The molecule has 0 aliphatic rings. The summed E-state index contributed by atoms with van der Waals surface area (Å²) in [6.07, 6.45) is 3.01. The molecule has 388 valence electrons. The molecule has 0 radical (unpaired) electrons. The van der Waals surface area contributed by atoms with Crippen molar-refractivity contribution in [3.05, 3.63) is 102 Å². The van der Waals surface area contributed by atoms with E-state index in [-0.39, 0.29) is 40.9 Å². The highest BCUT2D eigenvalue weighted by atomic mass is 32.1. The zero-order valence-corrected chi connectivity index (χ0v) is 46.8.